The fourth-order valence-electron chi connectivity index (χ4n) is 2.57. The van der Waals surface area contributed by atoms with Crippen LogP contribution in [0.3, 0.4) is 0 Å². The highest BCUT2D eigenvalue weighted by atomic mass is 35.5. The molecule has 0 aliphatic heterocycles. The van der Waals surface area contributed by atoms with Gasteiger partial charge >= 0.3 is 0 Å². The molecule has 1 atom stereocenters. The molecule has 1 unspecified atom stereocenters. The number of hydrogen-bond donors (Lipinski definition) is 2. The van der Waals surface area contributed by atoms with Gasteiger partial charge in [0, 0.05) is 9.72 Å². The summed E-state index contributed by atoms with van der Waals surface area (Å²) in [6.45, 7) is 2.01. The predicted molar refractivity (Wildman–Crippen MR) is 91.8 cm³/mol. The van der Waals surface area contributed by atoms with E-state index in [-0.39, 0.29) is 6.04 Å². The maximum absolute atomic E-state index is 6.10. The fraction of sp³-hybridized carbons (Fsp3) is 0.176. The van der Waals surface area contributed by atoms with Gasteiger partial charge < -0.3 is 0 Å². The molecule has 3 rings (SSSR count). The van der Waals surface area contributed by atoms with Crippen molar-refractivity contribution in [2.75, 3.05) is 0 Å². The molecule has 0 saturated carbocycles. The van der Waals surface area contributed by atoms with Crippen LogP contribution in [-0.2, 0) is 6.42 Å². The molecule has 0 saturated heterocycles. The topological polar surface area (TPSA) is 38.0 Å². The predicted octanol–water partition coefficient (Wildman–Crippen LogP) is 4.61. The number of nitrogens with two attached hydrogens (primary N) is 1. The van der Waals surface area contributed by atoms with Crippen LogP contribution in [0.4, 0.5) is 0 Å². The average Bonchev–Trinajstić information content (AvgIpc) is 2.91. The Labute approximate surface area is 133 Å². The molecule has 108 valence electrons. The van der Waals surface area contributed by atoms with Crippen LogP contribution < -0.4 is 11.3 Å². The van der Waals surface area contributed by atoms with E-state index in [1.54, 1.807) is 11.3 Å². The maximum Gasteiger partial charge on any atom is 0.0500 e. The molecule has 0 spiro atoms. The number of fused-ring (bicyclic) bond motifs is 1. The molecular formula is C17H17ClN2S. The van der Waals surface area contributed by atoms with Gasteiger partial charge in [-0.05, 0) is 52.9 Å². The van der Waals surface area contributed by atoms with Crippen molar-refractivity contribution in [3.8, 4) is 0 Å². The molecule has 0 aliphatic carbocycles. The number of thiophene rings is 1. The molecule has 2 nitrogen and oxygen atoms in total. The summed E-state index contributed by atoms with van der Waals surface area (Å²) in [6, 6.07) is 14.6. The Hall–Kier alpha value is -1.39. The molecule has 3 N–H and O–H groups in total. The second-order valence-electron chi connectivity index (χ2n) is 5.19. The van der Waals surface area contributed by atoms with Gasteiger partial charge in [0.1, 0.15) is 0 Å². The summed E-state index contributed by atoms with van der Waals surface area (Å²) >= 11 is 7.88. The summed E-state index contributed by atoms with van der Waals surface area (Å²) in [6.07, 6.45) is 0.863. The molecular weight excluding hydrogens is 300 g/mol. The van der Waals surface area contributed by atoms with Gasteiger partial charge in [-0.2, -0.15) is 0 Å². The standard InChI is InChI=1S/C17H17ClN2S/c1-11-8-12(6-7-15(11)18)16(20-19)9-13-10-21-17-5-3-2-4-14(13)17/h2-8,10,16,20H,9,19H2,1H3. The molecule has 0 bridgehead atoms. The summed E-state index contributed by atoms with van der Waals surface area (Å²) in [5, 5.41) is 4.32. The lowest BCUT2D eigenvalue weighted by Crippen LogP contribution is -2.29. The first-order valence-corrected chi connectivity index (χ1v) is 8.12. The first-order valence-electron chi connectivity index (χ1n) is 6.86. The number of hydrazine groups is 1. The number of halogens is 1. The van der Waals surface area contributed by atoms with Crippen LogP contribution in [0, 0.1) is 6.92 Å². The first-order chi connectivity index (χ1) is 10.2. The van der Waals surface area contributed by atoms with Crippen LogP contribution in [0.15, 0.2) is 47.8 Å². The molecule has 0 radical (unpaired) electrons. The second-order valence-corrected chi connectivity index (χ2v) is 6.51. The normalized spacial score (nSPS) is 12.7. The Balaban J connectivity index is 1.92. The zero-order chi connectivity index (χ0) is 14.8. The number of nitrogens with one attached hydrogen (secondary N) is 1. The lowest BCUT2D eigenvalue weighted by molar-refractivity contribution is 0.554. The molecule has 0 fully saturated rings. The summed E-state index contributed by atoms with van der Waals surface area (Å²) in [4.78, 5) is 0. The maximum atomic E-state index is 6.10. The van der Waals surface area contributed by atoms with Crippen LogP contribution in [0.5, 0.6) is 0 Å². The van der Waals surface area contributed by atoms with Crippen molar-refractivity contribution in [3.05, 3.63) is 69.6 Å². The summed E-state index contributed by atoms with van der Waals surface area (Å²) < 4.78 is 1.32. The Morgan fingerprint density at radius 1 is 1.24 bits per heavy atom. The second kappa shape index (κ2) is 6.16. The molecule has 21 heavy (non-hydrogen) atoms. The quantitative estimate of drug-likeness (QED) is 0.545. The van der Waals surface area contributed by atoms with Crippen LogP contribution in [0.25, 0.3) is 10.1 Å². The third-order valence-corrected chi connectivity index (χ3v) is 5.21. The lowest BCUT2D eigenvalue weighted by atomic mass is 9.98. The van der Waals surface area contributed by atoms with Gasteiger partial charge in [0.25, 0.3) is 0 Å². The Bertz CT molecular complexity index is 766. The van der Waals surface area contributed by atoms with Crippen molar-refractivity contribution in [2.24, 2.45) is 5.84 Å². The summed E-state index contributed by atoms with van der Waals surface area (Å²) in [7, 11) is 0. The van der Waals surface area contributed by atoms with Crippen molar-refractivity contribution in [3.63, 3.8) is 0 Å². The van der Waals surface area contributed by atoms with Gasteiger partial charge in [-0.3, -0.25) is 11.3 Å². The number of rotatable bonds is 4. The van der Waals surface area contributed by atoms with E-state index in [9.17, 15) is 0 Å². The Morgan fingerprint density at radius 2 is 2.05 bits per heavy atom. The van der Waals surface area contributed by atoms with Gasteiger partial charge in [-0.25, -0.2) is 0 Å². The number of aryl methyl sites for hydroxylation is 1. The van der Waals surface area contributed by atoms with E-state index < -0.39 is 0 Å². The van der Waals surface area contributed by atoms with Crippen LogP contribution in [-0.4, -0.2) is 0 Å². The van der Waals surface area contributed by atoms with Crippen LogP contribution in [0.2, 0.25) is 5.02 Å². The highest BCUT2D eigenvalue weighted by molar-refractivity contribution is 7.17. The van der Waals surface area contributed by atoms with Crippen molar-refractivity contribution < 1.29 is 0 Å². The van der Waals surface area contributed by atoms with Gasteiger partial charge in [-0.15, -0.1) is 11.3 Å². The van der Waals surface area contributed by atoms with Crippen molar-refractivity contribution in [1.82, 2.24) is 5.43 Å². The summed E-state index contributed by atoms with van der Waals surface area (Å²) in [5.41, 5.74) is 6.49. The summed E-state index contributed by atoms with van der Waals surface area (Å²) in [5.74, 6) is 5.77. The van der Waals surface area contributed by atoms with E-state index in [4.69, 9.17) is 17.4 Å². The lowest BCUT2D eigenvalue weighted by Gasteiger charge is -2.17. The van der Waals surface area contributed by atoms with E-state index in [2.05, 4.69) is 41.1 Å². The Kier molecular flexibility index (Phi) is 4.27. The van der Waals surface area contributed by atoms with Crippen LogP contribution >= 0.6 is 22.9 Å². The molecule has 3 aromatic rings. The number of benzene rings is 2. The van der Waals surface area contributed by atoms with Crippen LogP contribution in [0.1, 0.15) is 22.7 Å². The Morgan fingerprint density at radius 3 is 2.81 bits per heavy atom. The minimum atomic E-state index is 0.0824. The van der Waals surface area contributed by atoms with E-state index in [0.717, 1.165) is 22.6 Å². The van der Waals surface area contributed by atoms with Gasteiger partial charge in [0.05, 0.1) is 6.04 Å². The van der Waals surface area contributed by atoms with E-state index in [1.165, 1.54) is 15.6 Å². The van der Waals surface area contributed by atoms with E-state index in [0.29, 0.717) is 0 Å². The van der Waals surface area contributed by atoms with Gasteiger partial charge in [0.15, 0.2) is 0 Å². The zero-order valence-electron chi connectivity index (χ0n) is 11.8. The van der Waals surface area contributed by atoms with E-state index in [1.807, 2.05) is 19.1 Å². The minimum absolute atomic E-state index is 0.0824. The zero-order valence-corrected chi connectivity index (χ0v) is 13.3. The van der Waals surface area contributed by atoms with Gasteiger partial charge in [0.2, 0.25) is 0 Å². The highest BCUT2D eigenvalue weighted by Crippen LogP contribution is 2.30. The third kappa shape index (κ3) is 2.97. The average molecular weight is 317 g/mol. The SMILES string of the molecule is Cc1cc(C(Cc2csc3ccccc23)NN)ccc1Cl. The van der Waals surface area contributed by atoms with Gasteiger partial charge in [-0.1, -0.05) is 41.9 Å². The molecule has 4 heteroatoms. The van der Waals surface area contributed by atoms with E-state index >= 15 is 0 Å². The largest absolute Gasteiger partial charge is 0.271 e. The first kappa shape index (κ1) is 14.5. The minimum Gasteiger partial charge on any atom is -0.271 e. The molecule has 0 aliphatic rings. The molecule has 1 heterocycles. The monoisotopic (exact) mass is 316 g/mol. The molecule has 1 aromatic heterocycles. The molecule has 2 aromatic carbocycles. The number of hydrogen-bond acceptors (Lipinski definition) is 3. The van der Waals surface area contributed by atoms with Crippen molar-refractivity contribution >= 4 is 33.0 Å². The third-order valence-electron chi connectivity index (χ3n) is 3.77. The highest BCUT2D eigenvalue weighted by Gasteiger charge is 2.14. The smallest absolute Gasteiger partial charge is 0.0500 e. The van der Waals surface area contributed by atoms with Crippen molar-refractivity contribution in [1.29, 1.82) is 0 Å². The fourth-order valence-corrected chi connectivity index (χ4v) is 3.66. The van der Waals surface area contributed by atoms with Crippen molar-refractivity contribution in [2.45, 2.75) is 19.4 Å². The molecule has 0 amide bonds.